The van der Waals surface area contributed by atoms with Gasteiger partial charge in [0.05, 0.1) is 0 Å². The van der Waals surface area contributed by atoms with Gasteiger partial charge in [0.15, 0.2) is 0 Å². The van der Waals surface area contributed by atoms with Gasteiger partial charge in [-0.2, -0.15) is 0 Å². The highest BCUT2D eigenvalue weighted by atomic mass is 35.5. The molecule has 0 spiro atoms. The molecule has 0 bridgehead atoms. The summed E-state index contributed by atoms with van der Waals surface area (Å²) in [7, 11) is 1.77. The first kappa shape index (κ1) is 11.3. The second kappa shape index (κ2) is 5.21. The summed E-state index contributed by atoms with van der Waals surface area (Å²) in [5, 5.41) is 0.437. The molecule has 0 heterocycles. The zero-order valence-corrected chi connectivity index (χ0v) is 9.57. The average molecular weight is 205 g/mol. The quantitative estimate of drug-likeness (QED) is 0.491. The Hall–Kier alpha value is 0.250. The third-order valence-corrected chi connectivity index (χ3v) is 3.53. The van der Waals surface area contributed by atoms with E-state index in [1.54, 1.807) is 7.11 Å². The molecule has 1 aliphatic carbocycles. The van der Waals surface area contributed by atoms with Crippen molar-refractivity contribution in [3.8, 4) is 0 Å². The number of halogens is 1. The summed E-state index contributed by atoms with van der Waals surface area (Å²) in [4.78, 5) is 0. The zero-order valence-electron chi connectivity index (χ0n) is 8.81. The normalized spacial score (nSPS) is 33.9. The lowest BCUT2D eigenvalue weighted by molar-refractivity contribution is 0.184. The standard InChI is InChI=1S/C11H21ClO/c1-11(6-3-4-8-13-2)7-5-10(12)9-11/h10H,3-9H2,1-2H3. The molecule has 1 rings (SSSR count). The van der Waals surface area contributed by atoms with Gasteiger partial charge in [0.1, 0.15) is 0 Å². The highest BCUT2D eigenvalue weighted by Crippen LogP contribution is 2.43. The van der Waals surface area contributed by atoms with E-state index < -0.39 is 0 Å². The highest BCUT2D eigenvalue weighted by Gasteiger charge is 2.33. The van der Waals surface area contributed by atoms with Crippen LogP contribution >= 0.6 is 11.6 Å². The molecular weight excluding hydrogens is 184 g/mol. The molecule has 78 valence electrons. The zero-order chi connectivity index (χ0) is 9.73. The molecule has 0 aromatic heterocycles. The number of unbranched alkanes of at least 4 members (excludes halogenated alkanes) is 1. The SMILES string of the molecule is COCCCCC1(C)CCC(Cl)C1. The molecule has 0 aromatic carbocycles. The van der Waals surface area contributed by atoms with Crippen LogP contribution in [0.4, 0.5) is 0 Å². The summed E-state index contributed by atoms with van der Waals surface area (Å²) in [6.45, 7) is 3.28. The second-order valence-corrected chi connectivity index (χ2v) is 5.22. The van der Waals surface area contributed by atoms with Crippen molar-refractivity contribution in [2.45, 2.75) is 50.8 Å². The van der Waals surface area contributed by atoms with Crippen LogP contribution in [0.15, 0.2) is 0 Å². The van der Waals surface area contributed by atoms with Crippen LogP contribution in [0.25, 0.3) is 0 Å². The van der Waals surface area contributed by atoms with E-state index in [9.17, 15) is 0 Å². The van der Waals surface area contributed by atoms with E-state index in [0.29, 0.717) is 10.8 Å². The van der Waals surface area contributed by atoms with E-state index in [1.165, 1.54) is 38.5 Å². The van der Waals surface area contributed by atoms with Gasteiger partial charge in [0, 0.05) is 19.1 Å². The Labute approximate surface area is 86.8 Å². The molecule has 0 amide bonds. The largest absolute Gasteiger partial charge is 0.385 e. The second-order valence-electron chi connectivity index (χ2n) is 4.60. The van der Waals surface area contributed by atoms with Gasteiger partial charge in [-0.15, -0.1) is 11.6 Å². The third kappa shape index (κ3) is 3.86. The van der Waals surface area contributed by atoms with Crippen LogP contribution in [0, 0.1) is 5.41 Å². The number of ether oxygens (including phenoxy) is 1. The summed E-state index contributed by atoms with van der Waals surface area (Å²) in [5.74, 6) is 0. The summed E-state index contributed by atoms with van der Waals surface area (Å²) in [6, 6.07) is 0. The summed E-state index contributed by atoms with van der Waals surface area (Å²) < 4.78 is 5.03. The molecule has 1 fully saturated rings. The van der Waals surface area contributed by atoms with Gasteiger partial charge in [-0.05, 0) is 37.5 Å². The molecule has 2 heteroatoms. The van der Waals surface area contributed by atoms with Crippen LogP contribution in [0.5, 0.6) is 0 Å². The lowest BCUT2D eigenvalue weighted by Crippen LogP contribution is -2.12. The van der Waals surface area contributed by atoms with Crippen LogP contribution < -0.4 is 0 Å². The van der Waals surface area contributed by atoms with E-state index in [0.717, 1.165) is 6.61 Å². The fourth-order valence-electron chi connectivity index (χ4n) is 2.27. The topological polar surface area (TPSA) is 9.23 Å². The molecule has 1 nitrogen and oxygen atoms in total. The Balaban J connectivity index is 2.12. The number of methoxy groups -OCH3 is 1. The maximum Gasteiger partial charge on any atom is 0.0462 e. The Morgan fingerprint density at radius 2 is 2.23 bits per heavy atom. The Bertz CT molecular complexity index is 149. The molecule has 2 unspecified atom stereocenters. The van der Waals surface area contributed by atoms with Gasteiger partial charge < -0.3 is 4.74 Å². The van der Waals surface area contributed by atoms with Crippen LogP contribution in [-0.2, 0) is 4.74 Å². The van der Waals surface area contributed by atoms with Gasteiger partial charge in [-0.25, -0.2) is 0 Å². The number of alkyl halides is 1. The van der Waals surface area contributed by atoms with Crippen molar-refractivity contribution in [1.29, 1.82) is 0 Å². The molecular formula is C11H21ClO. The molecule has 1 aliphatic rings. The molecule has 0 aliphatic heterocycles. The molecule has 2 atom stereocenters. The first-order valence-electron chi connectivity index (χ1n) is 5.29. The first-order valence-corrected chi connectivity index (χ1v) is 5.73. The van der Waals surface area contributed by atoms with Gasteiger partial charge >= 0.3 is 0 Å². The minimum atomic E-state index is 0.437. The summed E-state index contributed by atoms with van der Waals surface area (Å²) in [5.41, 5.74) is 0.528. The average Bonchev–Trinajstić information content (AvgIpc) is 2.41. The van der Waals surface area contributed by atoms with Crippen LogP contribution in [0.2, 0.25) is 0 Å². The number of hydrogen-bond donors (Lipinski definition) is 0. The molecule has 0 N–H and O–H groups in total. The minimum Gasteiger partial charge on any atom is -0.385 e. The van der Waals surface area contributed by atoms with Crippen LogP contribution in [-0.4, -0.2) is 19.1 Å². The summed E-state index contributed by atoms with van der Waals surface area (Å²) in [6.07, 6.45) is 7.53. The van der Waals surface area contributed by atoms with E-state index in [1.807, 2.05) is 0 Å². The third-order valence-electron chi connectivity index (χ3n) is 3.15. The summed E-state index contributed by atoms with van der Waals surface area (Å²) >= 11 is 6.11. The predicted molar refractivity (Wildman–Crippen MR) is 57.3 cm³/mol. The van der Waals surface area contributed by atoms with Crippen molar-refractivity contribution in [3.63, 3.8) is 0 Å². The lowest BCUT2D eigenvalue weighted by atomic mass is 9.83. The molecule has 13 heavy (non-hydrogen) atoms. The van der Waals surface area contributed by atoms with E-state index >= 15 is 0 Å². The lowest BCUT2D eigenvalue weighted by Gasteiger charge is -2.23. The monoisotopic (exact) mass is 204 g/mol. The van der Waals surface area contributed by atoms with Crippen molar-refractivity contribution in [3.05, 3.63) is 0 Å². The highest BCUT2D eigenvalue weighted by molar-refractivity contribution is 6.20. The molecule has 0 saturated heterocycles. The fourth-order valence-corrected chi connectivity index (χ4v) is 2.75. The minimum absolute atomic E-state index is 0.437. The van der Waals surface area contributed by atoms with Crippen molar-refractivity contribution in [1.82, 2.24) is 0 Å². The maximum atomic E-state index is 6.11. The maximum absolute atomic E-state index is 6.11. The Kier molecular flexibility index (Phi) is 4.54. The number of rotatable bonds is 5. The van der Waals surface area contributed by atoms with E-state index in [-0.39, 0.29) is 0 Å². The van der Waals surface area contributed by atoms with Gasteiger partial charge in [0.2, 0.25) is 0 Å². The predicted octanol–water partition coefficient (Wildman–Crippen LogP) is 3.60. The van der Waals surface area contributed by atoms with E-state index in [2.05, 4.69) is 6.92 Å². The molecule has 1 saturated carbocycles. The van der Waals surface area contributed by atoms with Crippen LogP contribution in [0.3, 0.4) is 0 Å². The molecule has 0 radical (unpaired) electrons. The Morgan fingerprint density at radius 3 is 2.77 bits per heavy atom. The van der Waals surface area contributed by atoms with Gasteiger partial charge in [-0.1, -0.05) is 13.3 Å². The smallest absolute Gasteiger partial charge is 0.0462 e. The van der Waals surface area contributed by atoms with Crippen LogP contribution in [0.1, 0.15) is 45.4 Å². The number of hydrogen-bond acceptors (Lipinski definition) is 1. The van der Waals surface area contributed by atoms with E-state index in [4.69, 9.17) is 16.3 Å². The fraction of sp³-hybridized carbons (Fsp3) is 1.00. The van der Waals surface area contributed by atoms with Crippen molar-refractivity contribution < 1.29 is 4.74 Å². The first-order chi connectivity index (χ1) is 6.16. The molecule has 0 aromatic rings. The van der Waals surface area contributed by atoms with Gasteiger partial charge in [-0.3, -0.25) is 0 Å². The Morgan fingerprint density at radius 1 is 1.46 bits per heavy atom. The van der Waals surface area contributed by atoms with Crippen molar-refractivity contribution >= 4 is 11.6 Å². The van der Waals surface area contributed by atoms with Crippen molar-refractivity contribution in [2.24, 2.45) is 5.41 Å². The van der Waals surface area contributed by atoms with Crippen molar-refractivity contribution in [2.75, 3.05) is 13.7 Å². The van der Waals surface area contributed by atoms with Gasteiger partial charge in [0.25, 0.3) is 0 Å².